The van der Waals surface area contributed by atoms with Crippen LogP contribution in [0.2, 0.25) is 0 Å². The third kappa shape index (κ3) is 5.23. The molecule has 0 heterocycles. The monoisotopic (exact) mass is 268 g/mol. The zero-order valence-electron chi connectivity index (χ0n) is 10.2. The number of carbonyl (C=O) groups is 2. The van der Waals surface area contributed by atoms with Gasteiger partial charge in [0.1, 0.15) is 0 Å². The maximum absolute atomic E-state index is 11.3. The number of unbranched alkanes of at least 4 members (excludes halogenated alkanes) is 1. The molecule has 0 saturated carbocycles. The van der Waals surface area contributed by atoms with E-state index in [0.717, 1.165) is 17.7 Å². The predicted molar refractivity (Wildman–Crippen MR) is 70.0 cm³/mol. The molecule has 0 aliphatic carbocycles. The van der Waals surface area contributed by atoms with E-state index in [-0.39, 0.29) is 17.3 Å². The van der Waals surface area contributed by atoms with E-state index in [9.17, 15) is 9.59 Å². The lowest BCUT2D eigenvalue weighted by molar-refractivity contribution is -0.140. The summed E-state index contributed by atoms with van der Waals surface area (Å²) in [6, 6.07) is 6.42. The van der Waals surface area contributed by atoms with E-state index in [0.29, 0.717) is 6.61 Å². The van der Waals surface area contributed by atoms with E-state index in [4.69, 9.17) is 9.84 Å². The number of carboxylic acids is 1. The van der Waals surface area contributed by atoms with Crippen LogP contribution < -0.4 is 0 Å². The Hall–Kier alpha value is -1.49. The first kappa shape index (κ1) is 14.6. The number of esters is 1. The van der Waals surface area contributed by atoms with E-state index in [1.165, 1.54) is 23.9 Å². The van der Waals surface area contributed by atoms with Crippen molar-refractivity contribution in [2.24, 2.45) is 0 Å². The van der Waals surface area contributed by atoms with Crippen molar-refractivity contribution in [3.05, 3.63) is 29.8 Å². The van der Waals surface area contributed by atoms with Gasteiger partial charge in [0, 0.05) is 4.90 Å². The van der Waals surface area contributed by atoms with E-state index >= 15 is 0 Å². The van der Waals surface area contributed by atoms with Gasteiger partial charge < -0.3 is 9.84 Å². The van der Waals surface area contributed by atoms with Crippen molar-refractivity contribution in [3.8, 4) is 0 Å². The van der Waals surface area contributed by atoms with Gasteiger partial charge in [-0.1, -0.05) is 13.3 Å². The van der Waals surface area contributed by atoms with Gasteiger partial charge in [-0.05, 0) is 30.7 Å². The SMILES string of the molecule is CCCCOC(=O)CSc1ccc(C(=O)O)cc1. The molecular weight excluding hydrogens is 252 g/mol. The molecule has 0 atom stereocenters. The molecule has 0 saturated heterocycles. The number of hydrogen-bond donors (Lipinski definition) is 1. The Balaban J connectivity index is 2.34. The lowest BCUT2D eigenvalue weighted by atomic mass is 10.2. The number of thioether (sulfide) groups is 1. The second-order valence-corrected chi connectivity index (χ2v) is 4.74. The number of benzene rings is 1. The van der Waals surface area contributed by atoms with E-state index in [1.54, 1.807) is 12.1 Å². The quantitative estimate of drug-likeness (QED) is 0.468. The molecule has 1 rings (SSSR count). The van der Waals surface area contributed by atoms with Gasteiger partial charge in [-0.3, -0.25) is 4.79 Å². The van der Waals surface area contributed by atoms with Crippen LogP contribution >= 0.6 is 11.8 Å². The number of hydrogen-bond acceptors (Lipinski definition) is 4. The summed E-state index contributed by atoms with van der Waals surface area (Å²) in [5.41, 5.74) is 0.241. The smallest absolute Gasteiger partial charge is 0.335 e. The van der Waals surface area contributed by atoms with E-state index < -0.39 is 5.97 Å². The molecule has 0 aliphatic heterocycles. The highest BCUT2D eigenvalue weighted by Gasteiger charge is 2.05. The van der Waals surface area contributed by atoms with Crippen LogP contribution in [0.1, 0.15) is 30.1 Å². The Morgan fingerprint density at radius 3 is 2.50 bits per heavy atom. The van der Waals surface area contributed by atoms with Crippen LogP contribution in [0.5, 0.6) is 0 Å². The standard InChI is InChI=1S/C13H16O4S/c1-2-3-8-17-12(14)9-18-11-6-4-10(5-7-11)13(15)16/h4-7H,2-3,8-9H2,1H3,(H,15,16). The van der Waals surface area contributed by atoms with E-state index in [1.807, 2.05) is 6.92 Å². The molecule has 1 aromatic rings. The molecule has 5 heteroatoms. The van der Waals surface area contributed by atoms with Crippen LogP contribution in [0.25, 0.3) is 0 Å². The van der Waals surface area contributed by atoms with Crippen molar-refractivity contribution in [1.29, 1.82) is 0 Å². The maximum atomic E-state index is 11.3. The van der Waals surface area contributed by atoms with Crippen LogP contribution in [-0.2, 0) is 9.53 Å². The first-order valence-corrected chi connectivity index (χ1v) is 6.74. The van der Waals surface area contributed by atoms with Crippen molar-refractivity contribution < 1.29 is 19.4 Å². The lowest BCUT2D eigenvalue weighted by Crippen LogP contribution is -2.08. The van der Waals surface area contributed by atoms with E-state index in [2.05, 4.69) is 0 Å². The van der Waals surface area contributed by atoms with Crippen molar-refractivity contribution in [3.63, 3.8) is 0 Å². The van der Waals surface area contributed by atoms with Crippen LogP contribution in [-0.4, -0.2) is 29.4 Å². The summed E-state index contributed by atoms with van der Waals surface area (Å²) < 4.78 is 5.01. The third-order valence-electron chi connectivity index (χ3n) is 2.22. The molecule has 0 bridgehead atoms. The first-order valence-electron chi connectivity index (χ1n) is 5.75. The second-order valence-electron chi connectivity index (χ2n) is 3.69. The Bertz CT molecular complexity index is 400. The Kier molecular flexibility index (Phi) is 6.28. The van der Waals surface area contributed by atoms with Gasteiger partial charge in [-0.2, -0.15) is 0 Å². The van der Waals surface area contributed by atoms with Gasteiger partial charge >= 0.3 is 11.9 Å². The number of rotatable bonds is 7. The van der Waals surface area contributed by atoms with Crippen molar-refractivity contribution in [2.75, 3.05) is 12.4 Å². The molecule has 4 nitrogen and oxygen atoms in total. The van der Waals surface area contributed by atoms with Crippen molar-refractivity contribution in [2.45, 2.75) is 24.7 Å². The summed E-state index contributed by atoms with van der Waals surface area (Å²) in [4.78, 5) is 22.8. The molecule has 0 radical (unpaired) electrons. The Morgan fingerprint density at radius 1 is 1.28 bits per heavy atom. The van der Waals surface area contributed by atoms with Gasteiger partial charge in [0.15, 0.2) is 0 Å². The van der Waals surface area contributed by atoms with Gasteiger partial charge in [0.25, 0.3) is 0 Å². The summed E-state index contributed by atoms with van der Waals surface area (Å²) in [5.74, 6) is -0.947. The molecule has 0 aliphatic rings. The molecule has 18 heavy (non-hydrogen) atoms. The Morgan fingerprint density at radius 2 is 1.94 bits per heavy atom. The minimum atomic E-state index is -0.953. The molecule has 0 spiro atoms. The molecule has 98 valence electrons. The van der Waals surface area contributed by atoms with Gasteiger partial charge in [0.2, 0.25) is 0 Å². The number of ether oxygens (including phenoxy) is 1. The maximum Gasteiger partial charge on any atom is 0.335 e. The molecular formula is C13H16O4S. The largest absolute Gasteiger partial charge is 0.478 e. The molecule has 1 N–H and O–H groups in total. The summed E-state index contributed by atoms with van der Waals surface area (Å²) in [6.45, 7) is 2.50. The summed E-state index contributed by atoms with van der Waals surface area (Å²) in [5, 5.41) is 8.73. The fourth-order valence-corrected chi connectivity index (χ4v) is 1.90. The first-order chi connectivity index (χ1) is 8.63. The van der Waals surface area contributed by atoms with Crippen LogP contribution in [0.3, 0.4) is 0 Å². The summed E-state index contributed by atoms with van der Waals surface area (Å²) in [6.07, 6.45) is 1.88. The van der Waals surface area contributed by atoms with Gasteiger partial charge in [-0.25, -0.2) is 4.79 Å². The Labute approximate surface area is 110 Å². The van der Waals surface area contributed by atoms with Crippen LogP contribution in [0, 0.1) is 0 Å². The second kappa shape index (κ2) is 7.76. The number of carboxylic acid groups (broad SMARTS) is 1. The minimum Gasteiger partial charge on any atom is -0.478 e. The third-order valence-corrected chi connectivity index (χ3v) is 3.20. The van der Waals surface area contributed by atoms with Crippen LogP contribution in [0.4, 0.5) is 0 Å². The molecule has 0 aromatic heterocycles. The zero-order valence-corrected chi connectivity index (χ0v) is 11.0. The molecule has 0 fully saturated rings. The normalized spacial score (nSPS) is 10.1. The minimum absolute atomic E-state index is 0.240. The highest BCUT2D eigenvalue weighted by atomic mass is 32.2. The van der Waals surface area contributed by atoms with Crippen LogP contribution in [0.15, 0.2) is 29.2 Å². The van der Waals surface area contributed by atoms with Gasteiger partial charge in [0.05, 0.1) is 17.9 Å². The number of carbonyl (C=O) groups excluding carboxylic acids is 1. The molecule has 1 aromatic carbocycles. The average Bonchev–Trinajstić information content (AvgIpc) is 2.37. The van der Waals surface area contributed by atoms with Crippen molar-refractivity contribution >= 4 is 23.7 Å². The summed E-state index contributed by atoms with van der Waals surface area (Å²) >= 11 is 1.34. The molecule has 0 amide bonds. The predicted octanol–water partition coefficient (Wildman–Crippen LogP) is 2.82. The fourth-order valence-electron chi connectivity index (χ4n) is 1.21. The summed E-state index contributed by atoms with van der Waals surface area (Å²) in [7, 11) is 0. The molecule has 0 unspecified atom stereocenters. The fraction of sp³-hybridized carbons (Fsp3) is 0.385. The zero-order chi connectivity index (χ0) is 13.4. The van der Waals surface area contributed by atoms with Crippen molar-refractivity contribution in [1.82, 2.24) is 0 Å². The number of aromatic carboxylic acids is 1. The highest BCUT2D eigenvalue weighted by Crippen LogP contribution is 2.18. The lowest BCUT2D eigenvalue weighted by Gasteiger charge is -2.04. The average molecular weight is 268 g/mol. The highest BCUT2D eigenvalue weighted by molar-refractivity contribution is 8.00. The topological polar surface area (TPSA) is 63.6 Å². The van der Waals surface area contributed by atoms with Gasteiger partial charge in [-0.15, -0.1) is 11.8 Å².